The lowest BCUT2D eigenvalue weighted by Crippen LogP contribution is -2.52. The maximum Gasteiger partial charge on any atom is 0.256 e. The van der Waals surface area contributed by atoms with Crippen LogP contribution in [0.15, 0.2) is 88.9 Å². The number of hydrogen-bond donors (Lipinski definition) is 3. The van der Waals surface area contributed by atoms with Gasteiger partial charge in [0.1, 0.15) is 18.1 Å². The smallest absolute Gasteiger partial charge is 0.256 e. The van der Waals surface area contributed by atoms with Crippen LogP contribution >= 0.6 is 34.0 Å². The third-order valence-corrected chi connectivity index (χ3v) is 22.0. The monoisotopic (exact) mass is 1370 g/mol. The molecule has 21 nitrogen and oxygen atoms in total. The number of thiophene rings is 3. The van der Waals surface area contributed by atoms with Gasteiger partial charge in [-0.25, -0.2) is 0 Å². The third-order valence-electron chi connectivity index (χ3n) is 18.7. The van der Waals surface area contributed by atoms with Crippen LogP contribution < -0.4 is 16.0 Å². The maximum absolute atomic E-state index is 12.8. The van der Waals surface area contributed by atoms with Crippen molar-refractivity contribution in [3.8, 4) is 0 Å². The highest BCUT2D eigenvalue weighted by Crippen LogP contribution is 2.41. The molecule has 1 saturated carbocycles. The predicted molar refractivity (Wildman–Crippen MR) is 358 cm³/mol. The van der Waals surface area contributed by atoms with Gasteiger partial charge >= 0.3 is 0 Å². The molecule has 0 bridgehead atoms. The quantitative estimate of drug-likeness (QED) is 0.0365. The van der Waals surface area contributed by atoms with E-state index in [1.807, 2.05) is 36.4 Å². The fourth-order valence-corrected chi connectivity index (χ4v) is 15.9. The first kappa shape index (κ1) is 69.0. The molecular formula is C73H72N6O15S3. The van der Waals surface area contributed by atoms with Crippen molar-refractivity contribution in [1.82, 2.24) is 30.7 Å². The van der Waals surface area contributed by atoms with E-state index < -0.39 is 70.5 Å². The molecule has 0 radical (unpaired) electrons. The minimum Gasteiger partial charge on any atom is -0.322 e. The molecule has 24 heteroatoms. The Bertz CT molecular complexity index is 4110. The van der Waals surface area contributed by atoms with Gasteiger partial charge in [-0.2, -0.15) is 0 Å². The molecule has 3 saturated heterocycles. The lowest BCUT2D eigenvalue weighted by atomic mass is 9.86. The molecule has 4 fully saturated rings. The summed E-state index contributed by atoms with van der Waals surface area (Å²) in [5, 5.41) is 12.1. The largest absolute Gasteiger partial charge is 0.322 e. The van der Waals surface area contributed by atoms with Crippen molar-refractivity contribution in [3.63, 3.8) is 0 Å². The number of fused-ring (bicyclic) bond motifs is 3. The number of benzene rings is 3. The molecule has 97 heavy (non-hydrogen) atoms. The van der Waals surface area contributed by atoms with Gasteiger partial charge in [0.15, 0.2) is 0 Å². The number of carbonyl (C=O) groups is 15. The molecule has 6 aromatic rings. The topological polar surface area (TPSA) is 302 Å². The van der Waals surface area contributed by atoms with Gasteiger partial charge in [-0.15, -0.1) is 34.0 Å². The zero-order chi connectivity index (χ0) is 69.3. The van der Waals surface area contributed by atoms with Gasteiger partial charge in [-0.05, 0) is 102 Å². The van der Waals surface area contributed by atoms with E-state index >= 15 is 0 Å². The Hall–Kier alpha value is -9.39. The van der Waals surface area contributed by atoms with Crippen molar-refractivity contribution >= 4 is 122 Å². The molecule has 3 aromatic carbocycles. The van der Waals surface area contributed by atoms with E-state index in [2.05, 4.69) is 50.6 Å². The second-order valence-corrected chi connectivity index (χ2v) is 29.5. The highest BCUT2D eigenvalue weighted by molar-refractivity contribution is 7.11. The van der Waals surface area contributed by atoms with Crippen molar-refractivity contribution in [2.75, 3.05) is 0 Å². The van der Waals surface area contributed by atoms with Gasteiger partial charge in [0.05, 0.1) is 16.7 Å². The molecule has 1 aliphatic carbocycles. The van der Waals surface area contributed by atoms with Crippen LogP contribution in [0, 0.1) is 0 Å². The number of nitrogens with zero attached hydrogens (tertiary/aromatic N) is 3. The van der Waals surface area contributed by atoms with Crippen molar-refractivity contribution in [3.05, 3.63) is 170 Å². The number of rotatable bonds is 20. The Morgan fingerprint density at radius 1 is 0.443 bits per heavy atom. The maximum atomic E-state index is 12.8. The molecule has 3 atom stereocenters. The summed E-state index contributed by atoms with van der Waals surface area (Å²) < 4.78 is 0. The molecule has 7 aliphatic rings. The van der Waals surface area contributed by atoms with Crippen molar-refractivity contribution in [2.24, 2.45) is 0 Å². The lowest BCUT2D eigenvalue weighted by Gasteiger charge is -2.29. The van der Waals surface area contributed by atoms with Crippen LogP contribution in [0.25, 0.3) is 0 Å². The molecule has 9 heterocycles. The Balaban J connectivity index is 0.000000148. The average molecular weight is 1370 g/mol. The lowest BCUT2D eigenvalue weighted by molar-refractivity contribution is -0.138. The molecule has 3 aromatic heterocycles. The summed E-state index contributed by atoms with van der Waals surface area (Å²) in [6.45, 7) is 11.2. The van der Waals surface area contributed by atoms with Crippen LogP contribution in [0.5, 0.6) is 0 Å². The minimum atomic E-state index is -0.667. The Morgan fingerprint density at radius 3 is 1.04 bits per heavy atom. The van der Waals surface area contributed by atoms with Crippen LogP contribution in [-0.4, -0.2) is 121 Å². The van der Waals surface area contributed by atoms with Gasteiger partial charge in [0.2, 0.25) is 70.1 Å². The van der Waals surface area contributed by atoms with Gasteiger partial charge < -0.3 is 14.7 Å². The molecule has 13 rings (SSSR count). The number of piperidine rings is 3. The number of carbonyl (C=O) groups excluding carboxylic acids is 15. The number of Topliss-reactive ketones (excluding diaryl/α,β-unsaturated/α-hetero) is 6. The first-order valence-corrected chi connectivity index (χ1v) is 35.1. The zero-order valence-corrected chi connectivity index (χ0v) is 56.7. The van der Waals surface area contributed by atoms with Crippen molar-refractivity contribution in [1.29, 1.82) is 0 Å². The molecule has 0 spiro atoms. The number of amides is 9. The van der Waals surface area contributed by atoms with E-state index in [9.17, 15) is 71.9 Å². The molecule has 3 N–H and O–H groups in total. The second kappa shape index (κ2) is 28.7. The fraction of sp³-hybridized carbons (Fsp3) is 0.384. The number of nitrogens with one attached hydrogen (secondary N) is 3. The number of ketones is 6. The number of aryl methyl sites for hydroxylation is 3. The van der Waals surface area contributed by atoms with Crippen LogP contribution in [-0.2, 0) is 87.5 Å². The summed E-state index contributed by atoms with van der Waals surface area (Å²) in [6, 6.07) is 19.6. The van der Waals surface area contributed by atoms with Gasteiger partial charge in [-0.3, -0.25) is 87.9 Å². The normalized spacial score (nSPS) is 18.9. The van der Waals surface area contributed by atoms with E-state index in [1.54, 1.807) is 52.5 Å². The molecule has 502 valence electrons. The first-order chi connectivity index (χ1) is 46.2. The van der Waals surface area contributed by atoms with Gasteiger partial charge in [-0.1, -0.05) is 107 Å². The summed E-state index contributed by atoms with van der Waals surface area (Å²) in [6.07, 6.45) is 5.19. The van der Waals surface area contributed by atoms with E-state index in [0.717, 1.165) is 42.4 Å². The van der Waals surface area contributed by atoms with Gasteiger partial charge in [0, 0.05) is 106 Å². The van der Waals surface area contributed by atoms with Crippen molar-refractivity contribution < 1.29 is 71.9 Å². The minimum absolute atomic E-state index is 0.0374. The molecule has 3 unspecified atom stereocenters. The van der Waals surface area contributed by atoms with Gasteiger partial charge in [0.25, 0.3) is 17.7 Å². The highest BCUT2D eigenvalue weighted by atomic mass is 32.1. The van der Waals surface area contributed by atoms with Crippen molar-refractivity contribution in [2.45, 2.75) is 180 Å². The number of hydrogen-bond acceptors (Lipinski definition) is 18. The van der Waals surface area contributed by atoms with Crippen LogP contribution in [0.1, 0.15) is 227 Å². The van der Waals surface area contributed by atoms with E-state index in [4.69, 9.17) is 0 Å². The highest BCUT2D eigenvalue weighted by Gasteiger charge is 2.44. The average Bonchev–Trinajstić information content (AvgIpc) is 1.64. The fourth-order valence-electron chi connectivity index (χ4n) is 12.8. The Kier molecular flexibility index (Phi) is 20.4. The SMILES string of the molecule is CC(C)(C)c1ccc(C(=O)C(=O)CCc2scc3c2CN(C2CCC(=O)NC2=O)C3=O)cc1.CC(C)c1ccc(C(=O)C(=O)CCc2scc3c2CN(C2CCC(=O)NC2=O)C3=O)cc1.O=C1CCC(N2Cc3c(csc3CCC(=O)C(=O)c3ccc(C4CC4)cc3)C2=O)C(=O)N1. The summed E-state index contributed by atoms with van der Waals surface area (Å²) >= 11 is 4.19. The van der Waals surface area contributed by atoms with Crippen LogP contribution in [0.4, 0.5) is 0 Å². The summed E-state index contributed by atoms with van der Waals surface area (Å²) in [4.78, 5) is 191. The standard InChI is InChI=1S/C25H26N2O5S.C24H22N2O5S.C24H24N2O5S/c1-25(2,3)15-6-4-14(5-7-15)22(30)19(28)9-10-20-16-12-27(24(32)17(16)13-33-20)18-8-11-21(29)26-23(18)31;27-19(22(29)15-5-3-14(4-6-15)13-1-2-13)8-9-20-16-11-26(24(31)17(16)12-32-20)18-7-10-21(28)25-23(18)30;1-13(2)14-3-5-15(6-4-14)22(29)19(27)8-9-20-16-11-26(24(31)17(16)12-32-20)18-7-10-21(28)25-23(18)30/h4-7,13,18H,8-12H2,1-3H3,(H,26,29,31);3-6,12-13,18H,1-2,7-11H2,(H,25,28,30);3-6,12-13,18H,7-11H2,1-2H3,(H,25,28,30). The predicted octanol–water partition coefficient (Wildman–Crippen LogP) is 8.98. The summed E-state index contributed by atoms with van der Waals surface area (Å²) in [7, 11) is 0. The molecular weight excluding hydrogens is 1300 g/mol. The number of imide groups is 3. The Labute approximate surface area is 571 Å². The second-order valence-electron chi connectivity index (χ2n) is 26.6. The summed E-state index contributed by atoms with van der Waals surface area (Å²) in [5.41, 5.74) is 8.61. The van der Waals surface area contributed by atoms with E-state index in [-0.39, 0.29) is 99.0 Å². The third kappa shape index (κ3) is 15.1. The zero-order valence-electron chi connectivity index (χ0n) is 54.3. The summed E-state index contributed by atoms with van der Waals surface area (Å²) in [5.74, 6) is -4.94. The van der Waals surface area contributed by atoms with E-state index in [1.165, 1.54) is 67.1 Å². The molecule has 9 amide bonds. The first-order valence-electron chi connectivity index (χ1n) is 32.5. The van der Waals surface area contributed by atoms with E-state index in [0.29, 0.717) is 83.7 Å². The molecule has 6 aliphatic heterocycles. The van der Waals surface area contributed by atoms with Crippen LogP contribution in [0.3, 0.4) is 0 Å². The Morgan fingerprint density at radius 2 is 0.753 bits per heavy atom. The van der Waals surface area contributed by atoms with Crippen LogP contribution in [0.2, 0.25) is 0 Å².